The van der Waals surface area contributed by atoms with Gasteiger partial charge in [-0.2, -0.15) is 0 Å². The lowest BCUT2D eigenvalue weighted by atomic mass is 9.74. The molecule has 3 rings (SSSR count). The Kier molecular flexibility index (Phi) is 3.96. The van der Waals surface area contributed by atoms with Crippen LogP contribution in [0, 0.1) is 3.57 Å². The second-order valence-corrected chi connectivity index (χ2v) is 7.10. The Hall–Kier alpha value is -0.390. The topological polar surface area (TPSA) is 20.2 Å². The number of hydrogen-bond donors (Lipinski definition) is 1. The molecule has 1 aliphatic rings. The van der Waals surface area contributed by atoms with Gasteiger partial charge in [0.1, 0.15) is 0 Å². The van der Waals surface area contributed by atoms with Gasteiger partial charge < -0.3 is 5.11 Å². The van der Waals surface area contributed by atoms with Crippen molar-refractivity contribution < 1.29 is 5.11 Å². The predicted octanol–water partition coefficient (Wildman–Crippen LogP) is 4.82. The highest BCUT2D eigenvalue weighted by Crippen LogP contribution is 2.41. The maximum Gasteiger partial charge on any atom is 0.0806 e. The van der Waals surface area contributed by atoms with Gasteiger partial charge in [0.05, 0.1) is 6.10 Å². The first-order valence-corrected chi connectivity index (χ1v) is 8.23. The number of fused-ring (bicyclic) bond motifs is 1. The molecule has 0 bridgehead atoms. The van der Waals surface area contributed by atoms with Gasteiger partial charge in [0, 0.05) is 8.04 Å². The third-order valence-electron chi connectivity index (χ3n) is 3.79. The monoisotopic (exact) mass is 428 g/mol. The molecule has 0 saturated carbocycles. The van der Waals surface area contributed by atoms with Crippen molar-refractivity contribution in [3.8, 4) is 0 Å². The summed E-state index contributed by atoms with van der Waals surface area (Å²) in [5.41, 5.74) is 3.87. The summed E-state index contributed by atoms with van der Waals surface area (Å²) in [6.07, 6.45) is 1.52. The summed E-state index contributed by atoms with van der Waals surface area (Å²) >= 11 is 5.76. The summed E-state index contributed by atoms with van der Waals surface area (Å²) in [6.45, 7) is 0. The molecule has 0 heterocycles. The van der Waals surface area contributed by atoms with Crippen molar-refractivity contribution in [1.29, 1.82) is 0 Å². The molecule has 2 atom stereocenters. The molecule has 0 aliphatic heterocycles. The van der Waals surface area contributed by atoms with E-state index in [0.29, 0.717) is 5.92 Å². The molecule has 0 aromatic heterocycles. The van der Waals surface area contributed by atoms with Crippen molar-refractivity contribution in [3.63, 3.8) is 0 Å². The highest BCUT2D eigenvalue weighted by Gasteiger charge is 2.28. The van der Waals surface area contributed by atoms with Gasteiger partial charge in [-0.05, 0) is 76.2 Å². The fourth-order valence-corrected chi connectivity index (χ4v) is 3.81. The summed E-state index contributed by atoms with van der Waals surface area (Å²) in [6, 6.07) is 14.6. The maximum atomic E-state index is 10.5. The Bertz CT molecular complexity index is 611. The van der Waals surface area contributed by atoms with Crippen LogP contribution in [0.15, 0.2) is 46.9 Å². The zero-order valence-electron chi connectivity index (χ0n) is 10.3. The van der Waals surface area contributed by atoms with E-state index in [1.165, 1.54) is 11.1 Å². The van der Waals surface area contributed by atoms with Crippen LogP contribution in [0.4, 0.5) is 0 Å². The smallest absolute Gasteiger partial charge is 0.0806 e. The standard InChI is InChI=1S/C16H14BrIO/c17-12-5-6-15(18)14(9-12)16(19)8-11-7-10-3-1-2-4-13(10)11/h1-6,9,11,16,19H,7-8H2. The van der Waals surface area contributed by atoms with Gasteiger partial charge in [0.15, 0.2) is 0 Å². The molecule has 1 aliphatic carbocycles. The highest BCUT2D eigenvalue weighted by atomic mass is 127. The van der Waals surface area contributed by atoms with E-state index in [0.717, 1.165) is 26.4 Å². The van der Waals surface area contributed by atoms with Crippen LogP contribution in [0.3, 0.4) is 0 Å². The van der Waals surface area contributed by atoms with Crippen LogP contribution in [0.5, 0.6) is 0 Å². The minimum atomic E-state index is -0.386. The van der Waals surface area contributed by atoms with E-state index in [1.807, 2.05) is 18.2 Å². The minimum Gasteiger partial charge on any atom is -0.388 e. The van der Waals surface area contributed by atoms with Gasteiger partial charge in [0.2, 0.25) is 0 Å². The second-order valence-electron chi connectivity index (χ2n) is 5.02. The summed E-state index contributed by atoms with van der Waals surface area (Å²) in [5.74, 6) is 0.501. The normalized spacial score (nSPS) is 18.6. The molecular weight excluding hydrogens is 415 g/mol. The molecular formula is C16H14BrIO. The molecule has 19 heavy (non-hydrogen) atoms. The molecule has 2 aromatic rings. The van der Waals surface area contributed by atoms with Crippen LogP contribution in [0.1, 0.15) is 35.1 Å². The van der Waals surface area contributed by atoms with Crippen LogP contribution < -0.4 is 0 Å². The number of benzene rings is 2. The fourth-order valence-electron chi connectivity index (χ4n) is 2.74. The zero-order chi connectivity index (χ0) is 13.4. The lowest BCUT2D eigenvalue weighted by Gasteiger charge is -2.32. The van der Waals surface area contributed by atoms with Crippen molar-refractivity contribution in [2.75, 3.05) is 0 Å². The van der Waals surface area contributed by atoms with E-state index < -0.39 is 0 Å². The average Bonchev–Trinajstić information content (AvgIpc) is 2.38. The number of halogens is 2. The molecule has 3 heteroatoms. The molecule has 0 fully saturated rings. The van der Waals surface area contributed by atoms with Gasteiger partial charge in [-0.15, -0.1) is 0 Å². The molecule has 0 radical (unpaired) electrons. The van der Waals surface area contributed by atoms with Crippen LogP contribution in [0.2, 0.25) is 0 Å². The van der Waals surface area contributed by atoms with Gasteiger partial charge in [-0.1, -0.05) is 40.2 Å². The van der Waals surface area contributed by atoms with Crippen molar-refractivity contribution in [2.45, 2.75) is 24.9 Å². The van der Waals surface area contributed by atoms with E-state index in [4.69, 9.17) is 0 Å². The minimum absolute atomic E-state index is 0.386. The number of aliphatic hydroxyl groups excluding tert-OH is 1. The van der Waals surface area contributed by atoms with E-state index >= 15 is 0 Å². The summed E-state index contributed by atoms with van der Waals surface area (Å²) in [4.78, 5) is 0. The van der Waals surface area contributed by atoms with Crippen LogP contribution in [0.25, 0.3) is 0 Å². The summed E-state index contributed by atoms with van der Waals surface area (Å²) < 4.78 is 2.15. The second kappa shape index (κ2) is 5.54. The van der Waals surface area contributed by atoms with E-state index in [9.17, 15) is 5.11 Å². The molecule has 2 unspecified atom stereocenters. The molecule has 2 aromatic carbocycles. The number of aliphatic hydroxyl groups is 1. The fraction of sp³-hybridized carbons (Fsp3) is 0.250. The van der Waals surface area contributed by atoms with E-state index in [-0.39, 0.29) is 6.10 Å². The highest BCUT2D eigenvalue weighted by molar-refractivity contribution is 14.1. The Balaban J connectivity index is 1.76. The van der Waals surface area contributed by atoms with Crippen molar-refractivity contribution in [3.05, 3.63) is 67.2 Å². The third-order valence-corrected chi connectivity index (χ3v) is 5.26. The quantitative estimate of drug-likeness (QED) is 0.695. The van der Waals surface area contributed by atoms with Crippen LogP contribution >= 0.6 is 38.5 Å². The van der Waals surface area contributed by atoms with Crippen molar-refractivity contribution in [1.82, 2.24) is 0 Å². The predicted molar refractivity (Wildman–Crippen MR) is 89.3 cm³/mol. The SMILES string of the molecule is OC(CC1Cc2ccccc21)c1cc(Br)ccc1I. The molecule has 1 nitrogen and oxygen atoms in total. The van der Waals surface area contributed by atoms with Crippen LogP contribution in [-0.2, 0) is 6.42 Å². The van der Waals surface area contributed by atoms with Gasteiger partial charge in [-0.25, -0.2) is 0 Å². The lowest BCUT2D eigenvalue weighted by Crippen LogP contribution is -2.19. The van der Waals surface area contributed by atoms with Gasteiger partial charge in [0.25, 0.3) is 0 Å². The Morgan fingerprint density at radius 3 is 2.84 bits per heavy atom. The first-order valence-electron chi connectivity index (χ1n) is 6.36. The van der Waals surface area contributed by atoms with Gasteiger partial charge >= 0.3 is 0 Å². The first kappa shape index (κ1) is 13.6. The Labute approximate surface area is 135 Å². The lowest BCUT2D eigenvalue weighted by molar-refractivity contribution is 0.153. The Morgan fingerprint density at radius 1 is 1.26 bits per heavy atom. The maximum absolute atomic E-state index is 10.5. The molecule has 0 amide bonds. The van der Waals surface area contributed by atoms with E-state index in [1.54, 1.807) is 0 Å². The first-order chi connectivity index (χ1) is 9.15. The number of rotatable bonds is 3. The molecule has 0 saturated heterocycles. The molecule has 98 valence electrons. The van der Waals surface area contributed by atoms with Crippen LogP contribution in [-0.4, -0.2) is 5.11 Å². The number of hydrogen-bond acceptors (Lipinski definition) is 1. The van der Waals surface area contributed by atoms with Gasteiger partial charge in [-0.3, -0.25) is 0 Å². The largest absolute Gasteiger partial charge is 0.388 e. The zero-order valence-corrected chi connectivity index (χ0v) is 14.1. The van der Waals surface area contributed by atoms with Crippen molar-refractivity contribution >= 4 is 38.5 Å². The van der Waals surface area contributed by atoms with E-state index in [2.05, 4.69) is 62.8 Å². The molecule has 0 spiro atoms. The Morgan fingerprint density at radius 2 is 2.05 bits per heavy atom. The molecule has 1 N–H and O–H groups in total. The summed E-state index contributed by atoms with van der Waals surface area (Å²) in [7, 11) is 0. The van der Waals surface area contributed by atoms with Crippen molar-refractivity contribution in [2.24, 2.45) is 0 Å². The summed E-state index contributed by atoms with van der Waals surface area (Å²) in [5, 5.41) is 10.5. The average molecular weight is 429 g/mol. The third kappa shape index (κ3) is 2.73.